The minimum absolute atomic E-state index is 0.00775. The molecule has 0 aliphatic heterocycles. The van der Waals surface area contributed by atoms with Crippen LogP contribution in [0, 0.1) is 82.4 Å². The summed E-state index contributed by atoms with van der Waals surface area (Å²) in [6.45, 7) is 6.40. The van der Waals surface area contributed by atoms with Gasteiger partial charge in [-0.05, 0) is 49.8 Å². The molecule has 0 radical (unpaired) electrons. The average molecular weight is 861 g/mol. The average Bonchev–Trinajstić information content (AvgIpc) is 3.52. The van der Waals surface area contributed by atoms with Crippen LogP contribution in [0.25, 0.3) is 0 Å². The number of carbonyl (C=O) groups is 1. The van der Waals surface area contributed by atoms with Crippen molar-refractivity contribution in [1.82, 2.24) is 0 Å². The molecule has 1 heterocycles. The topological polar surface area (TPSA) is 87.3 Å². The number of hydrogen-bond acceptors (Lipinski definition) is 8. The molecular formula is C40H38ClF9N4O3S. The molecule has 4 aromatic rings. The van der Waals surface area contributed by atoms with E-state index in [0.29, 0.717) is 19.3 Å². The second-order valence-corrected chi connectivity index (χ2v) is 14.6. The summed E-state index contributed by atoms with van der Waals surface area (Å²) in [5.74, 6) is -20.4. The summed E-state index contributed by atoms with van der Waals surface area (Å²) in [4.78, 5) is 13.5. The Morgan fingerprint density at radius 1 is 0.828 bits per heavy atom. The largest absolute Gasteiger partial charge is 0.491 e. The van der Waals surface area contributed by atoms with E-state index in [1.165, 1.54) is 18.2 Å². The van der Waals surface area contributed by atoms with Crippen LogP contribution in [-0.4, -0.2) is 12.6 Å². The van der Waals surface area contributed by atoms with Gasteiger partial charge in [0.05, 0.1) is 12.5 Å². The van der Waals surface area contributed by atoms with Gasteiger partial charge in [0.2, 0.25) is 10.9 Å². The standard InChI is InChI=1S/C40H38ClF9N4O3S/c1-6-10-11-20(7-2)18-56-27-14-22(12-13-26(27)52-53-38-23(15-51)28(41)40(58-38)57-39(55)21(8-3)9-4)54(16-24-19(5)29(42)33(46)34(47)30(24)43)17-25-31(44)35(48)37(50)36(49)32(25)45/h12-14,20-21H,6-11,16-18H2,1-5H3/b53-52+. The Hall–Kier alpha value is -4.82. The third-order valence-corrected chi connectivity index (χ3v) is 11.0. The maximum absolute atomic E-state index is 15.2. The zero-order chi connectivity index (χ0) is 43.0. The minimum atomic E-state index is -2.43. The van der Waals surface area contributed by atoms with E-state index < -0.39 is 94.0 Å². The van der Waals surface area contributed by atoms with E-state index in [2.05, 4.69) is 10.2 Å². The van der Waals surface area contributed by atoms with Gasteiger partial charge in [-0.1, -0.05) is 69.9 Å². The number of hydrogen-bond donors (Lipinski definition) is 0. The van der Waals surface area contributed by atoms with Crippen molar-refractivity contribution in [1.29, 1.82) is 5.26 Å². The lowest BCUT2D eigenvalue weighted by Gasteiger charge is -2.28. The molecule has 7 nitrogen and oxygen atoms in total. The van der Waals surface area contributed by atoms with Gasteiger partial charge >= 0.3 is 5.97 Å². The molecule has 1 atom stereocenters. The fraction of sp³-hybridized carbons (Fsp3) is 0.400. The molecule has 312 valence electrons. The van der Waals surface area contributed by atoms with Gasteiger partial charge in [0, 0.05) is 36.0 Å². The van der Waals surface area contributed by atoms with Crippen molar-refractivity contribution in [3.05, 3.63) is 97.8 Å². The van der Waals surface area contributed by atoms with Crippen molar-refractivity contribution < 1.29 is 53.8 Å². The number of azo groups is 1. The van der Waals surface area contributed by atoms with Crippen molar-refractivity contribution in [2.45, 2.75) is 86.2 Å². The zero-order valence-corrected chi connectivity index (χ0v) is 33.5. The van der Waals surface area contributed by atoms with Crippen LogP contribution in [0.15, 0.2) is 28.4 Å². The van der Waals surface area contributed by atoms with Crippen LogP contribution in [0.2, 0.25) is 5.02 Å². The Kier molecular flexibility index (Phi) is 16.0. The zero-order valence-electron chi connectivity index (χ0n) is 32.0. The van der Waals surface area contributed by atoms with Crippen LogP contribution in [0.1, 0.15) is 88.5 Å². The van der Waals surface area contributed by atoms with E-state index in [1.807, 2.05) is 33.8 Å². The smallest absolute Gasteiger partial charge is 0.315 e. The number of rotatable bonds is 18. The molecule has 3 aromatic carbocycles. The second kappa shape index (κ2) is 20.2. The Labute approximate surface area is 338 Å². The number of nitriles is 1. The van der Waals surface area contributed by atoms with Gasteiger partial charge in [0.15, 0.2) is 51.5 Å². The fourth-order valence-electron chi connectivity index (χ4n) is 5.90. The van der Waals surface area contributed by atoms with Gasteiger partial charge < -0.3 is 14.4 Å². The van der Waals surface area contributed by atoms with E-state index in [9.17, 15) is 36.4 Å². The lowest BCUT2D eigenvalue weighted by Crippen LogP contribution is -2.26. The molecule has 0 aliphatic rings. The van der Waals surface area contributed by atoms with Crippen LogP contribution < -0.4 is 14.4 Å². The fourth-order valence-corrected chi connectivity index (χ4v) is 7.06. The highest BCUT2D eigenvalue weighted by Gasteiger charge is 2.30. The first-order valence-electron chi connectivity index (χ1n) is 18.2. The number of unbranched alkanes of at least 4 members (excludes halogenated alkanes) is 1. The van der Waals surface area contributed by atoms with Gasteiger partial charge in [0.1, 0.15) is 28.1 Å². The third-order valence-electron chi connectivity index (χ3n) is 9.62. The first kappa shape index (κ1) is 45.9. The van der Waals surface area contributed by atoms with E-state index in [4.69, 9.17) is 21.1 Å². The molecule has 0 aliphatic carbocycles. The van der Waals surface area contributed by atoms with Gasteiger partial charge in [-0.25, -0.2) is 39.5 Å². The molecule has 0 amide bonds. The number of ether oxygens (including phenoxy) is 2. The minimum Gasteiger partial charge on any atom is -0.491 e. The molecule has 0 saturated carbocycles. The number of benzene rings is 3. The summed E-state index contributed by atoms with van der Waals surface area (Å²) in [6, 6.07) is 5.58. The number of thiophene rings is 1. The Morgan fingerprint density at radius 2 is 1.40 bits per heavy atom. The van der Waals surface area contributed by atoms with Gasteiger partial charge in [-0.3, -0.25) is 4.79 Å². The van der Waals surface area contributed by atoms with E-state index in [1.54, 1.807) is 0 Å². The van der Waals surface area contributed by atoms with Crippen LogP contribution in [0.5, 0.6) is 10.8 Å². The summed E-state index contributed by atoms with van der Waals surface area (Å²) in [6.07, 6.45) is 4.18. The third kappa shape index (κ3) is 9.89. The second-order valence-electron chi connectivity index (χ2n) is 13.3. The van der Waals surface area contributed by atoms with Crippen molar-refractivity contribution in [2.75, 3.05) is 11.5 Å². The van der Waals surface area contributed by atoms with Crippen molar-refractivity contribution in [3.8, 4) is 16.9 Å². The number of nitrogens with zero attached hydrogens (tertiary/aromatic N) is 4. The van der Waals surface area contributed by atoms with Gasteiger partial charge in [0.25, 0.3) is 0 Å². The monoisotopic (exact) mass is 860 g/mol. The SMILES string of the molecule is CCCCC(CC)COc1cc(N(Cc2c(C)c(F)c(F)c(F)c2F)Cc2c(F)c(F)c(F)c(F)c2F)ccc1/N=N/c1sc(OC(=O)C(CC)CC)c(Cl)c1C#N. The van der Waals surface area contributed by atoms with E-state index in [-0.39, 0.29) is 50.3 Å². The molecule has 4 rings (SSSR count). The number of anilines is 1. The number of esters is 1. The number of halogens is 10. The van der Waals surface area contributed by atoms with Crippen LogP contribution in [0.4, 0.5) is 55.9 Å². The molecular weight excluding hydrogens is 823 g/mol. The highest BCUT2D eigenvalue weighted by molar-refractivity contribution is 7.18. The molecule has 0 bridgehead atoms. The normalized spacial score (nSPS) is 12.1. The molecule has 0 spiro atoms. The predicted molar refractivity (Wildman–Crippen MR) is 200 cm³/mol. The first-order chi connectivity index (χ1) is 27.5. The lowest BCUT2D eigenvalue weighted by atomic mass is 10.0. The highest BCUT2D eigenvalue weighted by Crippen LogP contribution is 2.46. The van der Waals surface area contributed by atoms with Crippen LogP contribution >= 0.6 is 22.9 Å². The van der Waals surface area contributed by atoms with Crippen LogP contribution in [0.3, 0.4) is 0 Å². The lowest BCUT2D eigenvalue weighted by molar-refractivity contribution is -0.138. The summed E-state index contributed by atoms with van der Waals surface area (Å²) >= 11 is 7.14. The first-order valence-corrected chi connectivity index (χ1v) is 19.4. The van der Waals surface area contributed by atoms with Crippen LogP contribution in [-0.2, 0) is 17.9 Å². The number of carbonyl (C=O) groups excluding carboxylic acids is 1. The summed E-state index contributed by atoms with van der Waals surface area (Å²) in [5.41, 5.74) is -3.25. The van der Waals surface area contributed by atoms with Crippen molar-refractivity contribution in [3.63, 3.8) is 0 Å². The maximum atomic E-state index is 15.2. The molecule has 58 heavy (non-hydrogen) atoms. The maximum Gasteiger partial charge on any atom is 0.315 e. The highest BCUT2D eigenvalue weighted by atomic mass is 35.5. The van der Waals surface area contributed by atoms with Gasteiger partial charge in [-0.2, -0.15) is 5.26 Å². The van der Waals surface area contributed by atoms with Crippen molar-refractivity contribution in [2.24, 2.45) is 22.1 Å². The van der Waals surface area contributed by atoms with E-state index in [0.717, 1.165) is 42.4 Å². The Bertz CT molecular complexity index is 2100. The molecule has 0 N–H and O–H groups in total. The molecule has 18 heteroatoms. The van der Waals surface area contributed by atoms with E-state index >= 15 is 13.2 Å². The molecule has 1 aromatic heterocycles. The molecule has 1 unspecified atom stereocenters. The Morgan fingerprint density at radius 3 is 1.97 bits per heavy atom. The summed E-state index contributed by atoms with van der Waals surface area (Å²) < 4.78 is 143. The van der Waals surface area contributed by atoms with Crippen molar-refractivity contribution >= 4 is 45.3 Å². The Balaban J connectivity index is 1.88. The quantitative estimate of drug-likeness (QED) is 0.0327. The summed E-state index contributed by atoms with van der Waals surface area (Å²) in [5, 5.41) is 17.9. The summed E-state index contributed by atoms with van der Waals surface area (Å²) in [7, 11) is 0. The molecule has 0 fully saturated rings. The van der Waals surface area contributed by atoms with Gasteiger partial charge in [-0.15, -0.1) is 10.2 Å². The molecule has 0 saturated heterocycles. The predicted octanol–water partition coefficient (Wildman–Crippen LogP) is 13.4.